The molecule has 0 bridgehead atoms. The normalized spacial score (nSPS) is 10.9. The number of hydrogen-bond donors (Lipinski definition) is 0. The average Bonchev–Trinajstić information content (AvgIpc) is 3.42. The van der Waals surface area contributed by atoms with Gasteiger partial charge in [0.1, 0.15) is 5.01 Å². The molecule has 130 valence electrons. The molecule has 0 radical (unpaired) electrons. The van der Waals surface area contributed by atoms with Crippen LogP contribution in [0.5, 0.6) is 0 Å². The second kappa shape index (κ2) is 7.67. The first-order valence-electron chi connectivity index (χ1n) is 7.91. The van der Waals surface area contributed by atoms with Gasteiger partial charge in [-0.25, -0.2) is 4.98 Å². The van der Waals surface area contributed by atoms with Crippen molar-refractivity contribution in [2.24, 2.45) is 0 Å². The molecule has 0 amide bonds. The minimum absolute atomic E-state index is 0.613. The summed E-state index contributed by atoms with van der Waals surface area (Å²) in [6.45, 7) is 4.43. The van der Waals surface area contributed by atoms with Gasteiger partial charge in [0.2, 0.25) is 5.82 Å². The summed E-state index contributed by atoms with van der Waals surface area (Å²) < 4.78 is 7.44. The minimum Gasteiger partial charge on any atom is -0.461 e. The molecule has 0 aliphatic carbocycles. The standard InChI is InChI=1S/C18H15N5OS2/c1-2-9-23-16(15-7-5-10-24-15)21-22-18(23)26-12-13-11-25-17(20-13)14-6-3-4-8-19-14/h2-8,10-11H,1,9,12H2. The predicted molar refractivity (Wildman–Crippen MR) is 103 cm³/mol. The smallest absolute Gasteiger partial charge is 0.200 e. The maximum absolute atomic E-state index is 5.45. The summed E-state index contributed by atoms with van der Waals surface area (Å²) >= 11 is 3.18. The monoisotopic (exact) mass is 381 g/mol. The Balaban J connectivity index is 1.52. The highest BCUT2D eigenvalue weighted by atomic mass is 32.2. The fourth-order valence-corrected chi connectivity index (χ4v) is 4.14. The molecule has 0 N–H and O–H groups in total. The van der Waals surface area contributed by atoms with Crippen molar-refractivity contribution in [2.45, 2.75) is 17.5 Å². The lowest BCUT2D eigenvalue weighted by Gasteiger charge is -2.05. The summed E-state index contributed by atoms with van der Waals surface area (Å²) in [5.74, 6) is 2.10. The molecule has 0 spiro atoms. The lowest BCUT2D eigenvalue weighted by Crippen LogP contribution is -2.00. The molecule has 0 saturated heterocycles. The second-order valence-corrected chi connectivity index (χ2v) is 7.13. The van der Waals surface area contributed by atoms with Crippen LogP contribution in [-0.2, 0) is 12.3 Å². The highest BCUT2D eigenvalue weighted by Gasteiger charge is 2.16. The maximum Gasteiger partial charge on any atom is 0.200 e. The molecule has 4 rings (SSSR count). The molecule has 26 heavy (non-hydrogen) atoms. The molecule has 0 aliphatic rings. The van der Waals surface area contributed by atoms with Crippen LogP contribution in [0.1, 0.15) is 5.69 Å². The Morgan fingerprint density at radius 3 is 2.96 bits per heavy atom. The van der Waals surface area contributed by atoms with E-state index in [0.29, 0.717) is 23.9 Å². The van der Waals surface area contributed by atoms with Gasteiger partial charge in [-0.2, -0.15) is 0 Å². The number of furan rings is 1. The molecule has 4 aromatic rings. The summed E-state index contributed by atoms with van der Waals surface area (Å²) in [5, 5.41) is 12.4. The zero-order valence-corrected chi connectivity index (χ0v) is 15.4. The summed E-state index contributed by atoms with van der Waals surface area (Å²) in [6.07, 6.45) is 5.23. The van der Waals surface area contributed by atoms with E-state index in [1.165, 1.54) is 0 Å². The van der Waals surface area contributed by atoms with Gasteiger partial charge >= 0.3 is 0 Å². The highest BCUT2D eigenvalue weighted by Crippen LogP contribution is 2.28. The van der Waals surface area contributed by atoms with Gasteiger partial charge in [-0.15, -0.1) is 28.1 Å². The molecule has 0 aromatic carbocycles. The SMILES string of the molecule is C=CCn1c(SCc2csc(-c3ccccn3)n2)nnc1-c1ccco1. The van der Waals surface area contributed by atoms with Crippen LogP contribution in [0, 0.1) is 0 Å². The molecular formula is C18H15N5OS2. The Labute approximate surface area is 158 Å². The number of thiazole rings is 1. The van der Waals surface area contributed by atoms with Crippen molar-refractivity contribution in [3.05, 3.63) is 66.5 Å². The van der Waals surface area contributed by atoms with Gasteiger partial charge in [-0.1, -0.05) is 23.9 Å². The minimum atomic E-state index is 0.613. The van der Waals surface area contributed by atoms with E-state index in [2.05, 4.69) is 32.1 Å². The van der Waals surface area contributed by atoms with Crippen LogP contribution in [0.4, 0.5) is 0 Å². The van der Waals surface area contributed by atoms with Crippen molar-refractivity contribution >= 4 is 23.1 Å². The lowest BCUT2D eigenvalue weighted by atomic mass is 10.4. The summed E-state index contributed by atoms with van der Waals surface area (Å²) in [4.78, 5) is 9.01. The van der Waals surface area contributed by atoms with Crippen molar-refractivity contribution < 1.29 is 4.42 Å². The largest absolute Gasteiger partial charge is 0.461 e. The molecule has 0 unspecified atom stereocenters. The second-order valence-electron chi connectivity index (χ2n) is 5.33. The molecule has 0 atom stereocenters. The third-order valence-corrected chi connectivity index (χ3v) is 5.47. The van der Waals surface area contributed by atoms with E-state index >= 15 is 0 Å². The van der Waals surface area contributed by atoms with E-state index in [1.54, 1.807) is 35.6 Å². The Morgan fingerprint density at radius 1 is 1.23 bits per heavy atom. The fraction of sp³-hybridized carbons (Fsp3) is 0.111. The molecule has 0 fully saturated rings. The number of pyridine rings is 1. The van der Waals surface area contributed by atoms with Crippen molar-refractivity contribution in [1.29, 1.82) is 0 Å². The van der Waals surface area contributed by atoms with Crippen molar-refractivity contribution in [3.63, 3.8) is 0 Å². The zero-order valence-electron chi connectivity index (χ0n) is 13.8. The molecule has 0 aliphatic heterocycles. The zero-order chi connectivity index (χ0) is 17.8. The highest BCUT2D eigenvalue weighted by molar-refractivity contribution is 7.98. The van der Waals surface area contributed by atoms with Gasteiger partial charge in [-0.05, 0) is 24.3 Å². The third-order valence-electron chi connectivity index (χ3n) is 3.55. The number of nitrogens with zero attached hydrogens (tertiary/aromatic N) is 5. The van der Waals surface area contributed by atoms with E-state index in [4.69, 9.17) is 4.42 Å². The summed E-state index contributed by atoms with van der Waals surface area (Å²) in [6, 6.07) is 9.54. The lowest BCUT2D eigenvalue weighted by molar-refractivity contribution is 0.569. The average molecular weight is 381 g/mol. The van der Waals surface area contributed by atoms with Crippen molar-refractivity contribution in [2.75, 3.05) is 0 Å². The number of allylic oxidation sites excluding steroid dienone is 1. The topological polar surface area (TPSA) is 69.6 Å². The number of rotatable bonds is 7. The summed E-state index contributed by atoms with van der Waals surface area (Å²) in [7, 11) is 0. The van der Waals surface area contributed by atoms with Crippen LogP contribution in [0.2, 0.25) is 0 Å². The van der Waals surface area contributed by atoms with Gasteiger partial charge in [-0.3, -0.25) is 9.55 Å². The van der Waals surface area contributed by atoms with E-state index in [0.717, 1.165) is 21.6 Å². The Hall–Kier alpha value is -2.71. The van der Waals surface area contributed by atoms with Gasteiger partial charge < -0.3 is 4.42 Å². The fourth-order valence-electron chi connectivity index (χ4n) is 2.40. The Kier molecular flexibility index (Phi) is 4.94. The first-order chi connectivity index (χ1) is 12.8. The Morgan fingerprint density at radius 2 is 2.19 bits per heavy atom. The van der Waals surface area contributed by atoms with Crippen molar-refractivity contribution in [3.8, 4) is 22.3 Å². The number of thioether (sulfide) groups is 1. The van der Waals surface area contributed by atoms with Crippen LogP contribution in [0.3, 0.4) is 0 Å². The molecular weight excluding hydrogens is 366 g/mol. The summed E-state index contributed by atoms with van der Waals surface area (Å²) in [5.41, 5.74) is 1.89. The first-order valence-corrected chi connectivity index (χ1v) is 9.78. The molecule has 4 heterocycles. The van der Waals surface area contributed by atoms with Gasteiger partial charge in [0, 0.05) is 23.9 Å². The first kappa shape index (κ1) is 16.7. The third kappa shape index (κ3) is 3.47. The van der Waals surface area contributed by atoms with Gasteiger partial charge in [0.25, 0.3) is 0 Å². The van der Waals surface area contributed by atoms with Crippen LogP contribution < -0.4 is 0 Å². The molecule has 0 saturated carbocycles. The van der Waals surface area contributed by atoms with Crippen molar-refractivity contribution in [1.82, 2.24) is 24.7 Å². The van der Waals surface area contributed by atoms with Crippen LogP contribution in [0.15, 0.2) is 70.4 Å². The maximum atomic E-state index is 5.45. The van der Waals surface area contributed by atoms with Crippen LogP contribution >= 0.6 is 23.1 Å². The molecule has 6 nitrogen and oxygen atoms in total. The molecule has 8 heteroatoms. The van der Waals surface area contributed by atoms with E-state index in [1.807, 2.05) is 41.0 Å². The Bertz CT molecular complexity index is 992. The van der Waals surface area contributed by atoms with Gasteiger partial charge in [0.05, 0.1) is 17.7 Å². The van der Waals surface area contributed by atoms with E-state index in [9.17, 15) is 0 Å². The number of hydrogen-bond acceptors (Lipinski definition) is 7. The quantitative estimate of drug-likeness (QED) is 0.346. The van der Waals surface area contributed by atoms with E-state index in [-0.39, 0.29) is 0 Å². The van der Waals surface area contributed by atoms with Crippen LogP contribution in [0.25, 0.3) is 22.3 Å². The van der Waals surface area contributed by atoms with Gasteiger partial charge in [0.15, 0.2) is 10.9 Å². The molecule has 4 aromatic heterocycles. The number of aromatic nitrogens is 5. The van der Waals surface area contributed by atoms with E-state index < -0.39 is 0 Å². The predicted octanol–water partition coefficient (Wildman–Crippen LogP) is 4.53. The van der Waals surface area contributed by atoms with Crippen LogP contribution in [-0.4, -0.2) is 24.7 Å².